The van der Waals surface area contributed by atoms with Gasteiger partial charge in [-0.2, -0.15) is 0 Å². The van der Waals surface area contributed by atoms with Crippen molar-refractivity contribution in [3.05, 3.63) is 20.2 Å². The van der Waals surface area contributed by atoms with Crippen LogP contribution in [0.3, 0.4) is 0 Å². The van der Waals surface area contributed by atoms with Crippen LogP contribution in [-0.4, -0.2) is 56.7 Å². The molecule has 1 unspecified atom stereocenters. The lowest BCUT2D eigenvalue weighted by molar-refractivity contribution is -0.742. The van der Waals surface area contributed by atoms with E-state index in [9.17, 15) is 0 Å². The van der Waals surface area contributed by atoms with Gasteiger partial charge in [0.1, 0.15) is 6.10 Å². The van der Waals surface area contributed by atoms with Crippen LogP contribution in [0.25, 0.3) is 0 Å². The number of hydrogen-bond acceptors (Lipinski definition) is 7. The van der Waals surface area contributed by atoms with Crippen LogP contribution in [0.4, 0.5) is 0 Å². The van der Waals surface area contributed by atoms with E-state index in [1.807, 2.05) is 6.92 Å². The summed E-state index contributed by atoms with van der Waals surface area (Å²) in [5, 5.41) is 44.3. The first-order chi connectivity index (χ1) is 7.77. The minimum Gasteiger partial charge on any atom is -0.394 e. The average molecular weight is 260 g/mol. The smallest absolute Gasteiger partial charge is 0.291 e. The van der Waals surface area contributed by atoms with Gasteiger partial charge < -0.3 is 25.4 Å². The number of aliphatic hydroxyl groups excluding tert-OH is 2. The zero-order valence-corrected chi connectivity index (χ0v) is 9.13. The molecule has 0 bridgehead atoms. The van der Waals surface area contributed by atoms with Crippen molar-refractivity contribution in [2.75, 3.05) is 19.8 Å². The zero-order valence-electron chi connectivity index (χ0n) is 9.13. The second-order valence-corrected chi connectivity index (χ2v) is 2.39. The van der Waals surface area contributed by atoms with E-state index in [0.29, 0.717) is 6.61 Å². The Kier molecular flexibility index (Phi) is 20.3. The van der Waals surface area contributed by atoms with E-state index in [0.717, 1.165) is 6.42 Å². The first-order valence-electron chi connectivity index (χ1n) is 4.31. The third-order valence-electron chi connectivity index (χ3n) is 0.869. The van der Waals surface area contributed by atoms with Crippen LogP contribution in [0.5, 0.6) is 0 Å². The monoisotopic (exact) mass is 260 g/mol. The Bertz CT molecular complexity index is 168. The van der Waals surface area contributed by atoms with Crippen molar-refractivity contribution in [2.24, 2.45) is 0 Å². The molecule has 0 spiro atoms. The molecule has 4 N–H and O–H groups in total. The summed E-state index contributed by atoms with van der Waals surface area (Å²) in [5.41, 5.74) is 0. The largest absolute Gasteiger partial charge is 0.394 e. The molecule has 0 saturated carbocycles. The highest BCUT2D eigenvalue weighted by Crippen LogP contribution is 1.84. The summed E-state index contributed by atoms with van der Waals surface area (Å²) in [6.07, 6.45) is 0.231. The Morgan fingerprint density at radius 3 is 1.82 bits per heavy atom. The van der Waals surface area contributed by atoms with Crippen molar-refractivity contribution < 1.29 is 35.5 Å². The molecule has 0 radical (unpaired) electrons. The lowest BCUT2D eigenvalue weighted by Gasteiger charge is -2.05. The maximum absolute atomic E-state index is 8.71. The second kappa shape index (κ2) is 16.7. The molecule has 17 heavy (non-hydrogen) atoms. The van der Waals surface area contributed by atoms with E-state index in [-0.39, 0.29) is 13.2 Å². The molecule has 0 heterocycles. The van der Waals surface area contributed by atoms with Gasteiger partial charge in [0.2, 0.25) is 0 Å². The van der Waals surface area contributed by atoms with Crippen LogP contribution in [0.15, 0.2) is 0 Å². The summed E-state index contributed by atoms with van der Waals surface area (Å²) >= 11 is 0. The van der Waals surface area contributed by atoms with Gasteiger partial charge in [-0.15, -0.1) is 20.2 Å². The SMILES string of the molecule is CCCOCC(O)CO.O=[N+]([O-])O.O=[N+]([O-])O. The Balaban J connectivity index is -0.000000205. The van der Waals surface area contributed by atoms with Crippen molar-refractivity contribution in [3.63, 3.8) is 0 Å². The second-order valence-electron chi connectivity index (χ2n) is 2.39. The van der Waals surface area contributed by atoms with Crippen LogP contribution >= 0.6 is 0 Å². The van der Waals surface area contributed by atoms with Gasteiger partial charge in [-0.1, -0.05) is 6.92 Å². The quantitative estimate of drug-likeness (QED) is 0.276. The summed E-state index contributed by atoms with van der Waals surface area (Å²) in [6, 6.07) is 0. The molecule has 104 valence electrons. The summed E-state index contributed by atoms with van der Waals surface area (Å²) in [4.78, 5) is 16.7. The molecule has 0 aliphatic carbocycles. The first kappa shape index (κ1) is 20.7. The predicted octanol–water partition coefficient (Wildman–Crippen LogP) is -0.929. The van der Waals surface area contributed by atoms with E-state index in [1.54, 1.807) is 0 Å². The van der Waals surface area contributed by atoms with Crippen LogP contribution in [0.1, 0.15) is 13.3 Å². The minimum absolute atomic E-state index is 0.219. The molecule has 0 rings (SSSR count). The van der Waals surface area contributed by atoms with Crippen molar-refractivity contribution in [1.29, 1.82) is 0 Å². The Morgan fingerprint density at radius 1 is 1.24 bits per heavy atom. The van der Waals surface area contributed by atoms with E-state index >= 15 is 0 Å². The lowest BCUT2D eigenvalue weighted by Crippen LogP contribution is -2.19. The molecule has 11 nitrogen and oxygen atoms in total. The van der Waals surface area contributed by atoms with Gasteiger partial charge in [0.25, 0.3) is 10.2 Å². The fourth-order valence-electron chi connectivity index (χ4n) is 0.416. The van der Waals surface area contributed by atoms with Gasteiger partial charge in [-0.3, -0.25) is 0 Å². The van der Waals surface area contributed by atoms with E-state index in [4.69, 9.17) is 45.6 Å². The summed E-state index contributed by atoms with van der Waals surface area (Å²) < 4.78 is 4.93. The summed E-state index contributed by atoms with van der Waals surface area (Å²) in [7, 11) is 0. The number of nitrogens with zero attached hydrogens (tertiary/aromatic N) is 2. The topological polar surface area (TPSA) is 176 Å². The Labute approximate surface area is 96.1 Å². The van der Waals surface area contributed by atoms with Crippen molar-refractivity contribution in [1.82, 2.24) is 0 Å². The molecule has 0 aliphatic rings. The highest BCUT2D eigenvalue weighted by molar-refractivity contribution is 4.47. The molecule has 1 atom stereocenters. The fourth-order valence-corrected chi connectivity index (χ4v) is 0.416. The standard InChI is InChI=1S/C6H14O3.2HNO3/c1-2-3-9-5-6(8)4-7;2*2-1(3)4/h6-8H,2-5H2,1H3;2*(H,2,3,4). The molecule has 0 amide bonds. The predicted molar refractivity (Wildman–Crippen MR) is 51.8 cm³/mol. The van der Waals surface area contributed by atoms with Crippen molar-refractivity contribution in [3.8, 4) is 0 Å². The van der Waals surface area contributed by atoms with Gasteiger partial charge in [0.15, 0.2) is 0 Å². The molecular formula is C6H16N2O9. The van der Waals surface area contributed by atoms with Gasteiger partial charge in [-0.05, 0) is 6.42 Å². The minimum atomic E-state index is -1.50. The van der Waals surface area contributed by atoms with Crippen molar-refractivity contribution >= 4 is 0 Å². The molecule has 0 aromatic rings. The number of ether oxygens (including phenoxy) is 1. The van der Waals surface area contributed by atoms with Crippen LogP contribution < -0.4 is 0 Å². The molecule has 11 heteroatoms. The average Bonchev–Trinajstić information content (AvgIpc) is 2.16. The maximum atomic E-state index is 8.71. The summed E-state index contributed by atoms with van der Waals surface area (Å²) in [6.45, 7) is 2.66. The molecule has 0 fully saturated rings. The van der Waals surface area contributed by atoms with Crippen LogP contribution in [0, 0.1) is 20.2 Å². The maximum Gasteiger partial charge on any atom is 0.291 e. The third-order valence-corrected chi connectivity index (χ3v) is 0.869. The van der Waals surface area contributed by atoms with Gasteiger partial charge >= 0.3 is 0 Å². The van der Waals surface area contributed by atoms with Gasteiger partial charge in [0.05, 0.1) is 13.2 Å². The number of hydrogen-bond donors (Lipinski definition) is 4. The van der Waals surface area contributed by atoms with E-state index in [2.05, 4.69) is 0 Å². The molecule has 0 saturated heterocycles. The molecule has 0 aromatic heterocycles. The number of aliphatic hydroxyl groups is 2. The fraction of sp³-hybridized carbons (Fsp3) is 1.00. The molecule has 0 aromatic carbocycles. The van der Waals surface area contributed by atoms with Gasteiger partial charge in [0, 0.05) is 6.61 Å². The third kappa shape index (κ3) is 77.2. The van der Waals surface area contributed by atoms with E-state index in [1.165, 1.54) is 0 Å². The first-order valence-corrected chi connectivity index (χ1v) is 4.31. The lowest BCUT2D eigenvalue weighted by atomic mass is 10.4. The highest BCUT2D eigenvalue weighted by atomic mass is 16.9. The molecule has 0 aliphatic heterocycles. The van der Waals surface area contributed by atoms with Crippen molar-refractivity contribution in [2.45, 2.75) is 19.4 Å². The van der Waals surface area contributed by atoms with Crippen LogP contribution in [-0.2, 0) is 4.74 Å². The van der Waals surface area contributed by atoms with Gasteiger partial charge in [-0.25, -0.2) is 0 Å². The number of rotatable bonds is 5. The van der Waals surface area contributed by atoms with Crippen LogP contribution in [0.2, 0.25) is 0 Å². The molecular weight excluding hydrogens is 244 g/mol. The summed E-state index contributed by atoms with van der Waals surface area (Å²) in [5.74, 6) is 0. The Hall–Kier alpha value is -1.72. The Morgan fingerprint density at radius 2 is 1.59 bits per heavy atom. The normalized spacial score (nSPS) is 10.1. The van der Waals surface area contributed by atoms with E-state index < -0.39 is 16.3 Å². The zero-order chi connectivity index (χ0) is 14.3. The highest BCUT2D eigenvalue weighted by Gasteiger charge is 1.98.